The molecule has 0 heterocycles. The van der Waals surface area contributed by atoms with Crippen molar-refractivity contribution in [3.05, 3.63) is 0 Å². The van der Waals surface area contributed by atoms with E-state index in [0.717, 1.165) is 0 Å². The van der Waals surface area contributed by atoms with Crippen molar-refractivity contribution in [2.75, 3.05) is 0 Å². The molecule has 19 nitrogen and oxygen atoms in total. The summed E-state index contributed by atoms with van der Waals surface area (Å²) in [6.45, 7) is 0. The number of halogens is 7. The Labute approximate surface area is 177 Å². The van der Waals surface area contributed by atoms with E-state index >= 15 is 0 Å². The van der Waals surface area contributed by atoms with Crippen LogP contribution in [0.25, 0.3) is 0 Å². The average Bonchev–Trinajstić information content (AvgIpc) is 1.94. The van der Waals surface area contributed by atoms with E-state index in [-0.39, 0.29) is 10.9 Å². The smallest absolute Gasteiger partial charge is 0.365 e. The zero-order valence-electron chi connectivity index (χ0n) is 14.4. The van der Waals surface area contributed by atoms with Crippen LogP contribution < -0.4 is 6.15 Å². The van der Waals surface area contributed by atoms with Crippen molar-refractivity contribution in [2.45, 2.75) is 0 Å². The Morgan fingerprint density at radius 1 is 0.250 bits per heavy atom. The molecule has 0 amide bonds. The van der Waals surface area contributed by atoms with Crippen molar-refractivity contribution in [1.29, 1.82) is 0 Å². The van der Waals surface area contributed by atoms with Gasteiger partial charge in [-0.15, -0.1) is 0 Å². The molecule has 0 aromatic carbocycles. The van der Waals surface area contributed by atoms with Gasteiger partial charge in [-0.25, -0.2) is 24.6 Å². The lowest BCUT2D eigenvalue weighted by Gasteiger charge is -1.88. The molecule has 0 radical (unpaired) electrons. The van der Waals surface area contributed by atoms with E-state index in [0.29, 0.717) is 0 Å². The van der Waals surface area contributed by atoms with Crippen LogP contribution in [0.15, 0.2) is 0 Å². The minimum absolute atomic E-state index is 0. The summed E-state index contributed by atoms with van der Waals surface area (Å²) in [4.78, 5) is 128. The minimum atomic E-state index is -5.11. The number of rotatable bonds is 0. The monoisotopic (exact) mass is 625 g/mol. The molecular weight excluding hydrogens is 603 g/mol. The highest BCUT2D eigenvalue weighted by Gasteiger charge is 2.28. The fourth-order valence-corrected chi connectivity index (χ4v) is 0. The molecule has 0 fully saturated rings. The van der Waals surface area contributed by atoms with Gasteiger partial charge in [-0.2, -0.15) is 0 Å². The maximum Gasteiger partial charge on any atom is 0.711 e. The SMILES string of the molecule is F.N.O[Si](O)(O)F.O[Si](O)(O)F.O[Si](O)(O)F.O[Si](O)(O)F.O[Si](O)(O)F.O[Si](O)(O)F. The highest BCUT2D eigenvalue weighted by atomic mass is 28.4. The van der Waals surface area contributed by atoms with Crippen molar-refractivity contribution in [3.63, 3.8) is 0 Å². The lowest BCUT2D eigenvalue weighted by atomic mass is 14.0. The van der Waals surface area contributed by atoms with E-state index in [1.807, 2.05) is 0 Å². The number of hydrogen-bond acceptors (Lipinski definition) is 19. The first kappa shape index (κ1) is 53.4. The van der Waals surface area contributed by atoms with Crippen molar-refractivity contribution in [3.8, 4) is 0 Å². The second kappa shape index (κ2) is 21.6. The summed E-state index contributed by atoms with van der Waals surface area (Å²) in [5.41, 5.74) is 0. The molecule has 0 unspecified atom stereocenters. The van der Waals surface area contributed by atoms with Crippen molar-refractivity contribution >= 4 is 54.8 Å². The molecule has 0 aliphatic rings. The van der Waals surface area contributed by atoms with Gasteiger partial charge >= 0.3 is 54.8 Å². The van der Waals surface area contributed by atoms with Crippen LogP contribution in [0, 0.1) is 0 Å². The molecule has 0 aromatic heterocycles. The van der Waals surface area contributed by atoms with Gasteiger partial charge in [0.05, 0.1) is 0 Å². The molecule has 0 aliphatic carbocycles. The fourth-order valence-electron chi connectivity index (χ4n) is 0. The van der Waals surface area contributed by atoms with E-state index in [1.165, 1.54) is 0 Å². The molecule has 0 saturated heterocycles. The standard InChI is InChI=1S/6FH3O3Si.FH.H3N/c6*1-5(2,3)4;;/h6*2-4H;1H;1H3. The van der Waals surface area contributed by atoms with Crippen molar-refractivity contribution in [1.82, 2.24) is 6.15 Å². The average molecular weight is 626 g/mol. The van der Waals surface area contributed by atoms with Crippen LogP contribution in [0.1, 0.15) is 0 Å². The molecule has 0 bridgehead atoms. The second-order valence-corrected chi connectivity index (χ2v) is 9.96. The van der Waals surface area contributed by atoms with Crippen LogP contribution in [0.4, 0.5) is 29.4 Å². The van der Waals surface area contributed by atoms with Gasteiger partial charge in [0.1, 0.15) is 0 Å². The third-order valence-corrected chi connectivity index (χ3v) is 0. The zero-order valence-corrected chi connectivity index (χ0v) is 20.4. The van der Waals surface area contributed by atoms with E-state index < -0.39 is 54.8 Å². The van der Waals surface area contributed by atoms with Crippen LogP contribution in [-0.2, 0) is 0 Å². The molecule has 208 valence electrons. The fraction of sp³-hybridized carbons (Fsp3) is 0. The second-order valence-electron chi connectivity index (χ2n) is 3.32. The lowest BCUT2D eigenvalue weighted by Crippen LogP contribution is -2.27. The van der Waals surface area contributed by atoms with Gasteiger partial charge in [0.25, 0.3) is 0 Å². The Morgan fingerprint density at radius 3 is 0.250 bits per heavy atom. The summed E-state index contributed by atoms with van der Waals surface area (Å²) in [5.74, 6) is 0. The Bertz CT molecular complexity index is 236. The van der Waals surface area contributed by atoms with E-state index in [1.54, 1.807) is 0 Å². The Kier molecular flexibility index (Phi) is 36.0. The van der Waals surface area contributed by atoms with Gasteiger partial charge < -0.3 is 92.5 Å². The van der Waals surface area contributed by atoms with Crippen LogP contribution in [0.2, 0.25) is 0 Å². The topological polar surface area (TPSA) is 399 Å². The first-order chi connectivity index (χ1) is 12.0. The van der Waals surface area contributed by atoms with Gasteiger partial charge in [0.15, 0.2) is 0 Å². The summed E-state index contributed by atoms with van der Waals surface area (Å²) >= 11 is 0. The van der Waals surface area contributed by atoms with Gasteiger partial charge in [-0.3, -0.25) is 4.70 Å². The quantitative estimate of drug-likeness (QED) is 0.0674. The summed E-state index contributed by atoms with van der Waals surface area (Å²) in [7, 11) is -30.7. The molecule has 32 heavy (non-hydrogen) atoms. The zero-order chi connectivity index (χ0) is 27.0. The molecule has 0 spiro atoms. The molecule has 32 heteroatoms. The van der Waals surface area contributed by atoms with Crippen LogP contribution in [-0.4, -0.2) is 141 Å². The predicted octanol–water partition coefficient (Wildman–Crippen LogP) is -9.48. The lowest BCUT2D eigenvalue weighted by molar-refractivity contribution is 0.162. The molecule has 0 atom stereocenters. The summed E-state index contributed by atoms with van der Waals surface area (Å²) in [6, 6.07) is 0. The number of hydrogen-bond donors (Lipinski definition) is 19. The van der Waals surface area contributed by atoms with Crippen LogP contribution in [0.3, 0.4) is 0 Å². The normalized spacial score (nSPS) is 11.2. The minimum Gasteiger partial charge on any atom is -0.365 e. The highest BCUT2D eigenvalue weighted by molar-refractivity contribution is 6.49. The molecule has 0 rings (SSSR count). The third kappa shape index (κ3) is 9640000. The molecule has 0 saturated carbocycles. The highest BCUT2D eigenvalue weighted by Crippen LogP contribution is 1.82. The Morgan fingerprint density at radius 2 is 0.250 bits per heavy atom. The van der Waals surface area contributed by atoms with Gasteiger partial charge in [-0.1, -0.05) is 0 Å². The van der Waals surface area contributed by atoms with Gasteiger partial charge in [-0.05, 0) is 0 Å². The molecular formula is H22F7NO18Si6. The summed E-state index contributed by atoms with van der Waals surface area (Å²) in [6.07, 6.45) is 0. The molecule has 0 aromatic rings. The van der Waals surface area contributed by atoms with E-state index in [2.05, 4.69) is 0 Å². The summed E-state index contributed by atoms with van der Waals surface area (Å²) in [5, 5.41) is 0. The molecule has 0 aliphatic heterocycles. The molecule has 21 N–H and O–H groups in total. The summed E-state index contributed by atoms with van der Waals surface area (Å²) < 4.78 is 63.0. The van der Waals surface area contributed by atoms with Crippen molar-refractivity contribution < 1.29 is 116 Å². The van der Waals surface area contributed by atoms with Gasteiger partial charge in [0.2, 0.25) is 0 Å². The van der Waals surface area contributed by atoms with E-state index in [4.69, 9.17) is 86.3 Å². The van der Waals surface area contributed by atoms with Crippen molar-refractivity contribution in [2.24, 2.45) is 0 Å². The maximum atomic E-state index is 10.5. The van der Waals surface area contributed by atoms with E-state index in [9.17, 15) is 24.6 Å². The van der Waals surface area contributed by atoms with Crippen LogP contribution in [0.5, 0.6) is 0 Å². The maximum absolute atomic E-state index is 10.5. The first-order valence-corrected chi connectivity index (χ1v) is 15.5. The Hall–Kier alpha value is 0.0513. The Balaban J connectivity index is -0.0000000356. The predicted molar refractivity (Wildman–Crippen MR) is 88.6 cm³/mol. The van der Waals surface area contributed by atoms with Gasteiger partial charge in [0, 0.05) is 0 Å². The largest absolute Gasteiger partial charge is 0.711 e. The first-order valence-electron chi connectivity index (χ1n) is 5.16. The third-order valence-electron chi connectivity index (χ3n) is 0. The van der Waals surface area contributed by atoms with Crippen LogP contribution >= 0.6 is 0 Å².